The number of rotatable bonds is 8. The van der Waals surface area contributed by atoms with Crippen molar-refractivity contribution in [3.8, 4) is 5.75 Å². The van der Waals surface area contributed by atoms with E-state index in [-0.39, 0.29) is 11.8 Å². The number of hydrogen-bond donors (Lipinski definition) is 2. The molecule has 1 aliphatic rings. The largest absolute Gasteiger partial charge is 0.495 e. The fraction of sp³-hybridized carbons (Fsp3) is 0.348. The maximum Gasteiger partial charge on any atom is 0.223 e. The number of nitrogens with one attached hydrogen (secondary N) is 2. The van der Waals surface area contributed by atoms with Crippen LogP contribution < -0.4 is 15.4 Å². The number of aromatic nitrogens is 2. The van der Waals surface area contributed by atoms with E-state index in [1.54, 1.807) is 7.11 Å². The van der Waals surface area contributed by atoms with Crippen LogP contribution in [-0.4, -0.2) is 40.8 Å². The van der Waals surface area contributed by atoms with E-state index < -0.39 is 0 Å². The van der Waals surface area contributed by atoms with Crippen LogP contribution in [0.2, 0.25) is 0 Å². The van der Waals surface area contributed by atoms with Gasteiger partial charge in [-0.15, -0.1) is 5.10 Å². The topological polar surface area (TPSA) is 71.4 Å². The number of benzene rings is 2. The van der Waals surface area contributed by atoms with Crippen LogP contribution in [0.15, 0.2) is 54.6 Å². The molecule has 3 aromatic rings. The molecule has 0 spiro atoms. The Morgan fingerprint density at radius 2 is 1.88 bits per heavy atom. The zero-order chi connectivity index (χ0) is 22.3. The van der Waals surface area contributed by atoms with Crippen LogP contribution in [0.1, 0.15) is 18.4 Å². The number of ether oxygens (including phenoxy) is 1. The first-order valence-electron chi connectivity index (χ1n) is 10.6. The van der Waals surface area contributed by atoms with E-state index in [9.17, 15) is 4.79 Å². The van der Waals surface area contributed by atoms with Crippen LogP contribution in [0.3, 0.4) is 0 Å². The summed E-state index contributed by atoms with van der Waals surface area (Å²) in [5.74, 6) is 0.955. The molecule has 0 saturated carbocycles. The minimum atomic E-state index is 0.0566. The molecule has 1 aliphatic heterocycles. The summed E-state index contributed by atoms with van der Waals surface area (Å²) in [5, 5.41) is 11.7. The molecule has 1 fully saturated rings. The standard InChI is InChI=1S/C23H27N5O2S2/c1-30-20-10-6-5-9-19(20)25-22-26-28(23(31)32-22)16-27-13-11-18(12-14-27)21(29)24-15-17-7-3-2-4-8-17/h2-10,18H,11-16H2,1H3,(H,24,29)(H,25,26). The summed E-state index contributed by atoms with van der Waals surface area (Å²) in [6, 6.07) is 17.7. The number of carbonyl (C=O) groups excluding carboxylic acids is 1. The molecule has 0 atom stereocenters. The summed E-state index contributed by atoms with van der Waals surface area (Å²) in [6.45, 7) is 2.90. The number of amides is 1. The third kappa shape index (κ3) is 5.73. The minimum absolute atomic E-state index is 0.0566. The molecule has 0 aliphatic carbocycles. The molecule has 0 radical (unpaired) electrons. The lowest BCUT2D eigenvalue weighted by molar-refractivity contribution is -0.126. The van der Waals surface area contributed by atoms with Gasteiger partial charge in [0.05, 0.1) is 19.5 Å². The van der Waals surface area contributed by atoms with Crippen molar-refractivity contribution in [2.45, 2.75) is 26.1 Å². The second kappa shape index (κ2) is 10.7. The first-order chi connectivity index (χ1) is 15.6. The monoisotopic (exact) mass is 469 g/mol. The Balaban J connectivity index is 1.28. The number of methoxy groups -OCH3 is 1. The fourth-order valence-corrected chi connectivity index (χ4v) is 4.77. The van der Waals surface area contributed by atoms with Gasteiger partial charge in [0.15, 0.2) is 3.95 Å². The summed E-state index contributed by atoms with van der Waals surface area (Å²) < 4.78 is 7.94. The molecular formula is C23H27N5O2S2. The van der Waals surface area contributed by atoms with E-state index >= 15 is 0 Å². The van der Waals surface area contributed by atoms with Crippen LogP contribution in [0.5, 0.6) is 5.75 Å². The number of nitrogens with zero attached hydrogens (tertiary/aromatic N) is 3. The average molecular weight is 470 g/mol. The van der Waals surface area contributed by atoms with Crippen LogP contribution in [0.25, 0.3) is 0 Å². The van der Waals surface area contributed by atoms with Gasteiger partial charge in [0.1, 0.15) is 5.75 Å². The molecule has 1 saturated heterocycles. The molecule has 4 rings (SSSR count). The van der Waals surface area contributed by atoms with E-state index in [1.165, 1.54) is 11.3 Å². The van der Waals surface area contributed by atoms with Gasteiger partial charge in [-0.05, 0) is 42.8 Å². The van der Waals surface area contributed by atoms with Gasteiger partial charge in [-0.2, -0.15) is 0 Å². The quantitative estimate of drug-likeness (QED) is 0.476. The lowest BCUT2D eigenvalue weighted by atomic mass is 9.96. The third-order valence-electron chi connectivity index (χ3n) is 5.56. The number of anilines is 2. The van der Waals surface area contributed by atoms with E-state index in [1.807, 2.05) is 59.3 Å². The van der Waals surface area contributed by atoms with Gasteiger partial charge < -0.3 is 15.4 Å². The van der Waals surface area contributed by atoms with Crippen molar-refractivity contribution in [3.63, 3.8) is 0 Å². The van der Waals surface area contributed by atoms with Crippen molar-refractivity contribution in [2.24, 2.45) is 5.92 Å². The lowest BCUT2D eigenvalue weighted by Gasteiger charge is -2.30. The molecule has 32 heavy (non-hydrogen) atoms. The van der Waals surface area contributed by atoms with Crippen LogP contribution in [0.4, 0.5) is 10.8 Å². The average Bonchev–Trinajstić information content (AvgIpc) is 3.17. The molecule has 1 aromatic heterocycles. The molecule has 0 unspecified atom stereocenters. The molecular weight excluding hydrogens is 442 g/mol. The zero-order valence-corrected chi connectivity index (χ0v) is 19.6. The number of para-hydroxylation sites is 2. The Morgan fingerprint density at radius 3 is 2.62 bits per heavy atom. The highest BCUT2D eigenvalue weighted by atomic mass is 32.1. The zero-order valence-electron chi connectivity index (χ0n) is 18.0. The van der Waals surface area contributed by atoms with Crippen LogP contribution >= 0.6 is 23.6 Å². The molecule has 0 bridgehead atoms. The van der Waals surface area contributed by atoms with Crippen molar-refractivity contribution in [3.05, 3.63) is 64.1 Å². The Hall–Kier alpha value is -2.75. The normalized spacial score (nSPS) is 14.8. The Kier molecular flexibility index (Phi) is 7.51. The molecule has 2 heterocycles. The van der Waals surface area contributed by atoms with Gasteiger partial charge in [0.2, 0.25) is 11.0 Å². The summed E-state index contributed by atoms with van der Waals surface area (Å²) in [4.78, 5) is 14.8. The Bertz CT molecular complexity index is 1090. The SMILES string of the molecule is COc1ccccc1Nc1nn(CN2CCC(C(=O)NCc3ccccc3)CC2)c(=S)s1. The lowest BCUT2D eigenvalue weighted by Crippen LogP contribution is -2.41. The molecule has 2 aromatic carbocycles. The van der Waals surface area contributed by atoms with E-state index in [2.05, 4.69) is 20.6 Å². The van der Waals surface area contributed by atoms with Crippen molar-refractivity contribution in [1.29, 1.82) is 0 Å². The summed E-state index contributed by atoms with van der Waals surface area (Å²) in [5.41, 5.74) is 1.97. The smallest absolute Gasteiger partial charge is 0.223 e. The summed E-state index contributed by atoms with van der Waals surface area (Å²) >= 11 is 6.96. The minimum Gasteiger partial charge on any atom is -0.495 e. The maximum atomic E-state index is 12.5. The van der Waals surface area contributed by atoms with E-state index in [4.69, 9.17) is 17.0 Å². The predicted molar refractivity (Wildman–Crippen MR) is 130 cm³/mol. The molecule has 7 nitrogen and oxygen atoms in total. The first kappa shape index (κ1) is 22.4. The van der Waals surface area contributed by atoms with E-state index in [0.29, 0.717) is 17.2 Å². The van der Waals surface area contributed by atoms with Crippen molar-refractivity contribution >= 4 is 40.3 Å². The number of carbonyl (C=O) groups is 1. The highest BCUT2D eigenvalue weighted by Crippen LogP contribution is 2.28. The van der Waals surface area contributed by atoms with Gasteiger partial charge in [-0.1, -0.05) is 53.8 Å². The second-order valence-electron chi connectivity index (χ2n) is 7.74. The van der Waals surface area contributed by atoms with Gasteiger partial charge in [0, 0.05) is 25.6 Å². The predicted octanol–water partition coefficient (Wildman–Crippen LogP) is 4.41. The van der Waals surface area contributed by atoms with Gasteiger partial charge >= 0.3 is 0 Å². The molecule has 9 heteroatoms. The Labute approximate surface area is 197 Å². The highest BCUT2D eigenvalue weighted by Gasteiger charge is 2.25. The van der Waals surface area contributed by atoms with Crippen molar-refractivity contribution < 1.29 is 9.53 Å². The third-order valence-corrected chi connectivity index (χ3v) is 6.78. The Morgan fingerprint density at radius 1 is 1.16 bits per heavy atom. The summed E-state index contributed by atoms with van der Waals surface area (Å²) in [6.07, 6.45) is 1.68. The highest BCUT2D eigenvalue weighted by molar-refractivity contribution is 7.73. The van der Waals surface area contributed by atoms with E-state index in [0.717, 1.165) is 48.1 Å². The summed E-state index contributed by atoms with van der Waals surface area (Å²) in [7, 11) is 1.65. The van der Waals surface area contributed by atoms with Crippen molar-refractivity contribution in [1.82, 2.24) is 20.0 Å². The molecule has 168 valence electrons. The number of likely N-dealkylation sites (tertiary alicyclic amines) is 1. The van der Waals surface area contributed by atoms with Crippen LogP contribution in [-0.2, 0) is 18.0 Å². The van der Waals surface area contributed by atoms with Gasteiger partial charge in [0.25, 0.3) is 0 Å². The molecule has 1 amide bonds. The van der Waals surface area contributed by atoms with Crippen molar-refractivity contribution in [2.75, 3.05) is 25.5 Å². The first-order valence-corrected chi connectivity index (χ1v) is 11.9. The van der Waals surface area contributed by atoms with Crippen LogP contribution in [0, 0.1) is 9.87 Å². The fourth-order valence-electron chi connectivity index (χ4n) is 3.76. The number of piperidine rings is 1. The second-order valence-corrected chi connectivity index (χ2v) is 9.36. The van der Waals surface area contributed by atoms with Gasteiger partial charge in [-0.3, -0.25) is 9.69 Å². The van der Waals surface area contributed by atoms with Gasteiger partial charge in [-0.25, -0.2) is 4.68 Å². The molecule has 2 N–H and O–H groups in total. The number of hydrogen-bond acceptors (Lipinski definition) is 7. The maximum absolute atomic E-state index is 12.5.